The summed E-state index contributed by atoms with van der Waals surface area (Å²) in [5, 5.41) is 16.0. The molecule has 20 heavy (non-hydrogen) atoms. The SMILES string of the molecule is COC1CCCCC1(O)c1c(Cl)cnn1CCN(C)C. The summed E-state index contributed by atoms with van der Waals surface area (Å²) in [5.41, 5.74) is -0.333. The molecule has 1 fully saturated rings. The zero-order valence-corrected chi connectivity index (χ0v) is 13.2. The molecule has 1 aliphatic rings. The van der Waals surface area contributed by atoms with Gasteiger partial charge in [-0.05, 0) is 33.4 Å². The molecule has 2 unspecified atom stereocenters. The number of hydrogen-bond acceptors (Lipinski definition) is 4. The van der Waals surface area contributed by atoms with Crippen LogP contribution in [-0.2, 0) is 16.9 Å². The summed E-state index contributed by atoms with van der Waals surface area (Å²) in [6.45, 7) is 1.55. The normalized spacial score (nSPS) is 27.2. The molecular weight excluding hydrogens is 278 g/mol. The van der Waals surface area contributed by atoms with E-state index in [1.54, 1.807) is 13.3 Å². The highest BCUT2D eigenvalue weighted by molar-refractivity contribution is 6.31. The maximum atomic E-state index is 11.1. The Labute approximate surface area is 125 Å². The first kappa shape index (κ1) is 15.8. The Morgan fingerprint density at radius 3 is 2.95 bits per heavy atom. The largest absolute Gasteiger partial charge is 0.381 e. The number of ether oxygens (including phenoxy) is 1. The highest BCUT2D eigenvalue weighted by atomic mass is 35.5. The zero-order valence-electron chi connectivity index (χ0n) is 12.5. The summed E-state index contributed by atoms with van der Waals surface area (Å²) in [4.78, 5) is 2.08. The zero-order chi connectivity index (χ0) is 14.8. The van der Waals surface area contributed by atoms with Gasteiger partial charge in [0.1, 0.15) is 5.60 Å². The van der Waals surface area contributed by atoms with Gasteiger partial charge in [0.15, 0.2) is 0 Å². The minimum Gasteiger partial charge on any atom is -0.381 e. The first-order valence-electron chi connectivity index (χ1n) is 7.10. The molecule has 1 saturated carbocycles. The second kappa shape index (κ2) is 6.43. The molecule has 0 amide bonds. The molecule has 5 nitrogen and oxygen atoms in total. The lowest BCUT2D eigenvalue weighted by Crippen LogP contribution is -2.45. The number of aliphatic hydroxyl groups is 1. The van der Waals surface area contributed by atoms with Crippen molar-refractivity contribution in [1.82, 2.24) is 14.7 Å². The van der Waals surface area contributed by atoms with Crippen molar-refractivity contribution in [3.63, 3.8) is 0 Å². The highest BCUT2D eigenvalue weighted by Gasteiger charge is 2.44. The molecule has 0 radical (unpaired) electrons. The number of halogens is 1. The van der Waals surface area contributed by atoms with Gasteiger partial charge in [0.2, 0.25) is 0 Å². The van der Waals surface area contributed by atoms with Crippen molar-refractivity contribution < 1.29 is 9.84 Å². The number of methoxy groups -OCH3 is 1. The summed E-state index contributed by atoms with van der Waals surface area (Å²) in [7, 11) is 5.67. The van der Waals surface area contributed by atoms with Crippen LogP contribution in [0.2, 0.25) is 5.02 Å². The Bertz CT molecular complexity index is 450. The molecule has 6 heteroatoms. The molecular formula is C14H24ClN3O2. The topological polar surface area (TPSA) is 50.5 Å². The van der Waals surface area contributed by atoms with E-state index < -0.39 is 5.60 Å². The van der Waals surface area contributed by atoms with Crippen LogP contribution in [-0.4, -0.2) is 53.6 Å². The molecule has 2 atom stereocenters. The minimum absolute atomic E-state index is 0.219. The maximum absolute atomic E-state index is 11.1. The fourth-order valence-electron chi connectivity index (χ4n) is 2.96. The van der Waals surface area contributed by atoms with Crippen molar-refractivity contribution in [3.8, 4) is 0 Å². The molecule has 0 aliphatic heterocycles. The predicted octanol–water partition coefficient (Wildman–Crippen LogP) is 1.87. The second-order valence-corrected chi connectivity index (χ2v) is 6.17. The Balaban J connectivity index is 2.31. The maximum Gasteiger partial charge on any atom is 0.134 e. The van der Waals surface area contributed by atoms with E-state index in [1.807, 2.05) is 18.8 Å². The van der Waals surface area contributed by atoms with Gasteiger partial charge in [0.05, 0.1) is 29.6 Å². The summed E-state index contributed by atoms with van der Waals surface area (Å²) in [6.07, 6.45) is 4.96. The minimum atomic E-state index is -1.03. The number of rotatable bonds is 5. The predicted molar refractivity (Wildman–Crippen MR) is 79.0 cm³/mol. The smallest absolute Gasteiger partial charge is 0.134 e. The van der Waals surface area contributed by atoms with Gasteiger partial charge in [-0.2, -0.15) is 5.10 Å². The molecule has 1 aliphatic carbocycles. The van der Waals surface area contributed by atoms with Crippen LogP contribution in [0, 0.1) is 0 Å². The first-order chi connectivity index (χ1) is 9.49. The van der Waals surface area contributed by atoms with Gasteiger partial charge in [0, 0.05) is 13.7 Å². The van der Waals surface area contributed by atoms with Crippen LogP contribution in [0.25, 0.3) is 0 Å². The molecule has 1 heterocycles. The van der Waals surface area contributed by atoms with E-state index in [0.29, 0.717) is 23.7 Å². The molecule has 2 rings (SSSR count). The molecule has 1 aromatic rings. The summed E-state index contributed by atoms with van der Waals surface area (Å²) in [6, 6.07) is 0. The second-order valence-electron chi connectivity index (χ2n) is 5.76. The third-order valence-electron chi connectivity index (χ3n) is 4.06. The molecule has 0 spiro atoms. The lowest BCUT2D eigenvalue weighted by Gasteiger charge is -2.39. The number of nitrogens with zero attached hydrogens (tertiary/aromatic N) is 3. The van der Waals surface area contributed by atoms with Crippen molar-refractivity contribution in [2.45, 2.75) is 43.9 Å². The van der Waals surface area contributed by atoms with E-state index in [9.17, 15) is 5.11 Å². The van der Waals surface area contributed by atoms with Gasteiger partial charge >= 0.3 is 0 Å². The Kier molecular flexibility index (Phi) is 5.07. The van der Waals surface area contributed by atoms with Gasteiger partial charge in [-0.15, -0.1) is 0 Å². The monoisotopic (exact) mass is 301 g/mol. The molecule has 1 aromatic heterocycles. The molecule has 1 N–H and O–H groups in total. The van der Waals surface area contributed by atoms with E-state index in [1.165, 1.54) is 0 Å². The fourth-order valence-corrected chi connectivity index (χ4v) is 3.27. The van der Waals surface area contributed by atoms with Gasteiger partial charge in [0.25, 0.3) is 0 Å². The molecule has 0 saturated heterocycles. The van der Waals surface area contributed by atoms with E-state index in [0.717, 1.165) is 25.8 Å². The van der Waals surface area contributed by atoms with Crippen molar-refractivity contribution in [2.24, 2.45) is 0 Å². The summed E-state index contributed by atoms with van der Waals surface area (Å²) in [5.74, 6) is 0. The van der Waals surface area contributed by atoms with Gasteiger partial charge < -0.3 is 14.7 Å². The van der Waals surface area contributed by atoms with E-state index >= 15 is 0 Å². The lowest BCUT2D eigenvalue weighted by atomic mass is 9.79. The average molecular weight is 302 g/mol. The van der Waals surface area contributed by atoms with E-state index in [2.05, 4.69) is 10.00 Å². The Hall–Kier alpha value is -0.620. The molecule has 0 aromatic carbocycles. The van der Waals surface area contributed by atoms with E-state index in [-0.39, 0.29) is 6.10 Å². The van der Waals surface area contributed by atoms with Gasteiger partial charge in [-0.3, -0.25) is 4.68 Å². The van der Waals surface area contributed by atoms with Crippen LogP contribution < -0.4 is 0 Å². The highest BCUT2D eigenvalue weighted by Crippen LogP contribution is 2.41. The molecule has 114 valence electrons. The van der Waals surface area contributed by atoms with Crippen LogP contribution in [0.4, 0.5) is 0 Å². The summed E-state index contributed by atoms with van der Waals surface area (Å²) < 4.78 is 7.33. The van der Waals surface area contributed by atoms with E-state index in [4.69, 9.17) is 16.3 Å². The van der Waals surface area contributed by atoms with Crippen molar-refractivity contribution in [1.29, 1.82) is 0 Å². The number of hydrogen-bond donors (Lipinski definition) is 1. The standard InChI is InChI=1S/C14H24ClN3O2/c1-17(2)8-9-18-13(11(15)10-16-18)14(19)7-5-4-6-12(14)20-3/h10,12,19H,4-9H2,1-3H3. The van der Waals surface area contributed by atoms with Crippen molar-refractivity contribution in [2.75, 3.05) is 27.7 Å². The van der Waals surface area contributed by atoms with Crippen LogP contribution >= 0.6 is 11.6 Å². The van der Waals surface area contributed by atoms with Crippen LogP contribution in [0.3, 0.4) is 0 Å². The quantitative estimate of drug-likeness (QED) is 0.902. The fraction of sp³-hybridized carbons (Fsp3) is 0.786. The number of likely N-dealkylation sites (N-methyl/N-ethyl adjacent to an activating group) is 1. The third-order valence-corrected chi connectivity index (χ3v) is 4.33. The van der Waals surface area contributed by atoms with Gasteiger partial charge in [-0.1, -0.05) is 18.0 Å². The van der Waals surface area contributed by atoms with Crippen LogP contribution in [0.15, 0.2) is 6.20 Å². The average Bonchev–Trinajstić information content (AvgIpc) is 2.78. The van der Waals surface area contributed by atoms with Crippen LogP contribution in [0.5, 0.6) is 0 Å². The van der Waals surface area contributed by atoms with Crippen molar-refractivity contribution in [3.05, 3.63) is 16.9 Å². The number of aromatic nitrogens is 2. The lowest BCUT2D eigenvalue weighted by molar-refractivity contribution is -0.127. The first-order valence-corrected chi connectivity index (χ1v) is 7.48. The Morgan fingerprint density at radius 2 is 2.30 bits per heavy atom. The van der Waals surface area contributed by atoms with Gasteiger partial charge in [-0.25, -0.2) is 0 Å². The summed E-state index contributed by atoms with van der Waals surface area (Å²) >= 11 is 6.29. The van der Waals surface area contributed by atoms with Crippen LogP contribution in [0.1, 0.15) is 31.4 Å². The van der Waals surface area contributed by atoms with Crippen molar-refractivity contribution >= 4 is 11.6 Å². The molecule has 0 bridgehead atoms. The Morgan fingerprint density at radius 1 is 1.55 bits per heavy atom. The third kappa shape index (κ3) is 3.01.